The molecule has 0 bridgehead atoms. The van der Waals surface area contributed by atoms with Crippen molar-refractivity contribution < 1.29 is 4.74 Å². The monoisotopic (exact) mass is 346 g/mol. The summed E-state index contributed by atoms with van der Waals surface area (Å²) in [7, 11) is 5.77. The number of nitrogens with one attached hydrogen (secondary N) is 1. The number of likely N-dealkylation sites (tertiary alicyclic amines) is 1. The highest BCUT2D eigenvalue weighted by Crippen LogP contribution is 2.28. The summed E-state index contributed by atoms with van der Waals surface area (Å²) in [6, 6.07) is 9.09. The molecule has 0 spiro atoms. The molecule has 1 aliphatic heterocycles. The summed E-state index contributed by atoms with van der Waals surface area (Å²) in [6.45, 7) is 8.54. The zero-order chi connectivity index (χ0) is 18.2. The minimum Gasteiger partial charge on any atom is -0.497 e. The summed E-state index contributed by atoms with van der Waals surface area (Å²) in [5, 5.41) is 3.53. The van der Waals surface area contributed by atoms with Crippen LogP contribution in [0.2, 0.25) is 0 Å². The van der Waals surface area contributed by atoms with Crippen molar-refractivity contribution in [3.63, 3.8) is 0 Å². The molecule has 1 fully saturated rings. The van der Waals surface area contributed by atoms with Crippen LogP contribution in [0.5, 0.6) is 5.75 Å². The molecule has 1 aliphatic rings. The van der Waals surface area contributed by atoms with Crippen LogP contribution in [-0.4, -0.2) is 69.2 Å². The average molecular weight is 347 g/mol. The second-order valence-electron chi connectivity index (χ2n) is 6.92. The van der Waals surface area contributed by atoms with Crippen molar-refractivity contribution in [1.82, 2.24) is 15.1 Å². The third-order valence-corrected chi connectivity index (χ3v) is 5.38. The molecule has 2 rings (SSSR count). The van der Waals surface area contributed by atoms with E-state index in [4.69, 9.17) is 4.74 Å². The van der Waals surface area contributed by atoms with E-state index in [0.717, 1.165) is 37.9 Å². The molecule has 1 aromatic carbocycles. The predicted octanol–water partition coefficient (Wildman–Crippen LogP) is 2.79. The topological polar surface area (TPSA) is 40.1 Å². The first kappa shape index (κ1) is 19.6. The lowest BCUT2D eigenvalue weighted by molar-refractivity contribution is 0.255. The molecule has 5 nitrogen and oxygen atoms in total. The number of nitrogens with zero attached hydrogens (tertiary/aromatic N) is 3. The molecule has 1 heterocycles. The lowest BCUT2D eigenvalue weighted by Gasteiger charge is -2.26. The average Bonchev–Trinajstić information content (AvgIpc) is 3.14. The molecule has 0 radical (unpaired) electrons. The van der Waals surface area contributed by atoms with Gasteiger partial charge in [0.15, 0.2) is 5.96 Å². The number of hydrogen-bond acceptors (Lipinski definition) is 3. The van der Waals surface area contributed by atoms with E-state index in [0.29, 0.717) is 12.0 Å². The van der Waals surface area contributed by atoms with Crippen LogP contribution in [0, 0.1) is 0 Å². The van der Waals surface area contributed by atoms with E-state index in [2.05, 4.69) is 65.3 Å². The van der Waals surface area contributed by atoms with Crippen LogP contribution in [0.25, 0.3) is 0 Å². The van der Waals surface area contributed by atoms with Crippen molar-refractivity contribution in [2.24, 2.45) is 4.99 Å². The maximum atomic E-state index is 5.25. The van der Waals surface area contributed by atoms with Gasteiger partial charge in [-0.2, -0.15) is 0 Å². The van der Waals surface area contributed by atoms with E-state index in [9.17, 15) is 0 Å². The van der Waals surface area contributed by atoms with E-state index < -0.39 is 0 Å². The van der Waals surface area contributed by atoms with Gasteiger partial charge in [0.1, 0.15) is 5.75 Å². The molecule has 0 aromatic heterocycles. The van der Waals surface area contributed by atoms with Crippen LogP contribution in [0.1, 0.15) is 38.2 Å². The number of aliphatic imine (C=N–C) groups is 1. The highest BCUT2D eigenvalue weighted by Gasteiger charge is 2.26. The molecule has 2 unspecified atom stereocenters. The number of methoxy groups -OCH3 is 1. The van der Waals surface area contributed by atoms with Crippen molar-refractivity contribution in [3.05, 3.63) is 29.8 Å². The standard InChI is InChI=1S/C20H34N4O/c1-6-16(2)23(4)14-12-22-20(21-3)24-13-11-18(15-24)17-7-9-19(25-5)10-8-17/h7-10,16,18H,6,11-15H2,1-5H3,(H,21,22). The van der Waals surface area contributed by atoms with Crippen LogP contribution < -0.4 is 10.1 Å². The van der Waals surface area contributed by atoms with Gasteiger partial charge in [0, 0.05) is 45.2 Å². The van der Waals surface area contributed by atoms with Crippen LogP contribution in [0.4, 0.5) is 0 Å². The minimum atomic E-state index is 0.562. The molecule has 1 saturated heterocycles. The lowest BCUT2D eigenvalue weighted by atomic mass is 9.98. The quantitative estimate of drug-likeness (QED) is 0.609. The number of likely N-dealkylation sites (N-methyl/N-ethyl adjacent to an activating group) is 1. The summed E-state index contributed by atoms with van der Waals surface area (Å²) in [5.41, 5.74) is 1.38. The zero-order valence-corrected chi connectivity index (χ0v) is 16.5. The first-order valence-electron chi connectivity index (χ1n) is 9.38. The Morgan fingerprint density at radius 1 is 1.40 bits per heavy atom. The van der Waals surface area contributed by atoms with Gasteiger partial charge < -0.3 is 19.9 Å². The second kappa shape index (κ2) is 9.66. The summed E-state index contributed by atoms with van der Waals surface area (Å²) >= 11 is 0. The maximum absolute atomic E-state index is 5.25. The second-order valence-corrected chi connectivity index (χ2v) is 6.92. The normalized spacial score (nSPS) is 19.4. The van der Waals surface area contributed by atoms with E-state index in [1.54, 1.807) is 7.11 Å². The first-order valence-corrected chi connectivity index (χ1v) is 9.38. The first-order chi connectivity index (χ1) is 12.1. The van der Waals surface area contributed by atoms with Crippen LogP contribution in [-0.2, 0) is 0 Å². The van der Waals surface area contributed by atoms with Gasteiger partial charge in [-0.1, -0.05) is 19.1 Å². The Hall–Kier alpha value is -1.75. The number of rotatable bonds is 7. The Morgan fingerprint density at radius 2 is 2.12 bits per heavy atom. The molecule has 25 heavy (non-hydrogen) atoms. The molecule has 0 amide bonds. The van der Waals surface area contributed by atoms with Gasteiger partial charge in [-0.3, -0.25) is 4.99 Å². The molecule has 140 valence electrons. The third kappa shape index (κ3) is 5.36. The van der Waals surface area contributed by atoms with Gasteiger partial charge >= 0.3 is 0 Å². The fraction of sp³-hybridized carbons (Fsp3) is 0.650. The van der Waals surface area contributed by atoms with Gasteiger partial charge in [0.25, 0.3) is 0 Å². The van der Waals surface area contributed by atoms with E-state index in [1.165, 1.54) is 18.4 Å². The smallest absolute Gasteiger partial charge is 0.193 e. The van der Waals surface area contributed by atoms with Gasteiger partial charge in [-0.15, -0.1) is 0 Å². The summed E-state index contributed by atoms with van der Waals surface area (Å²) in [5.74, 6) is 2.50. The fourth-order valence-electron chi connectivity index (χ4n) is 3.31. The van der Waals surface area contributed by atoms with Gasteiger partial charge in [-0.05, 0) is 44.5 Å². The number of guanidine groups is 1. The third-order valence-electron chi connectivity index (χ3n) is 5.38. The van der Waals surface area contributed by atoms with Gasteiger partial charge in [0.2, 0.25) is 0 Å². The van der Waals surface area contributed by atoms with Gasteiger partial charge in [-0.25, -0.2) is 0 Å². The highest BCUT2D eigenvalue weighted by molar-refractivity contribution is 5.80. The van der Waals surface area contributed by atoms with Crippen molar-refractivity contribution >= 4 is 5.96 Å². The molecule has 0 aliphatic carbocycles. The largest absolute Gasteiger partial charge is 0.497 e. The van der Waals surface area contributed by atoms with E-state index >= 15 is 0 Å². The molecule has 0 saturated carbocycles. The number of hydrogen-bond donors (Lipinski definition) is 1. The fourth-order valence-corrected chi connectivity index (χ4v) is 3.31. The predicted molar refractivity (Wildman–Crippen MR) is 106 cm³/mol. The molecule has 5 heteroatoms. The molecule has 2 atom stereocenters. The SMILES string of the molecule is CCC(C)N(C)CCNC(=NC)N1CCC(c2ccc(OC)cc2)C1. The molecule has 1 N–H and O–H groups in total. The highest BCUT2D eigenvalue weighted by atomic mass is 16.5. The van der Waals surface area contributed by atoms with E-state index in [1.807, 2.05) is 7.05 Å². The lowest BCUT2D eigenvalue weighted by Crippen LogP contribution is -2.43. The maximum Gasteiger partial charge on any atom is 0.193 e. The molecular weight excluding hydrogens is 312 g/mol. The Bertz CT molecular complexity index is 543. The number of benzene rings is 1. The van der Waals surface area contributed by atoms with Crippen molar-refractivity contribution in [2.45, 2.75) is 38.6 Å². The number of ether oxygens (including phenoxy) is 1. The summed E-state index contributed by atoms with van der Waals surface area (Å²) < 4.78 is 5.25. The van der Waals surface area contributed by atoms with Crippen molar-refractivity contribution in [2.75, 3.05) is 47.4 Å². The van der Waals surface area contributed by atoms with Crippen LogP contribution >= 0.6 is 0 Å². The van der Waals surface area contributed by atoms with Crippen molar-refractivity contribution in [3.8, 4) is 5.75 Å². The Morgan fingerprint density at radius 3 is 2.72 bits per heavy atom. The Kier molecular flexibility index (Phi) is 7.56. The summed E-state index contributed by atoms with van der Waals surface area (Å²) in [4.78, 5) is 9.25. The van der Waals surface area contributed by atoms with Gasteiger partial charge in [0.05, 0.1) is 7.11 Å². The van der Waals surface area contributed by atoms with E-state index in [-0.39, 0.29) is 0 Å². The zero-order valence-electron chi connectivity index (χ0n) is 16.5. The molecular formula is C20H34N4O. The van der Waals surface area contributed by atoms with Crippen LogP contribution in [0.15, 0.2) is 29.3 Å². The summed E-state index contributed by atoms with van der Waals surface area (Å²) in [6.07, 6.45) is 2.35. The Labute approximate surface area is 153 Å². The molecule has 1 aromatic rings. The van der Waals surface area contributed by atoms with Crippen LogP contribution in [0.3, 0.4) is 0 Å². The Balaban J connectivity index is 1.84. The minimum absolute atomic E-state index is 0.562. The van der Waals surface area contributed by atoms with Crippen molar-refractivity contribution in [1.29, 1.82) is 0 Å².